The standard InChI is InChI=1S/C23H24N2O4/c26-21(14-25-22(27)19-8-4-5-9-20(19)23(25)28)24-17-10-12-18(13-11-17)29-15-16-6-2-1-3-7-16/h1-3,6-7,10-13,19-20H,4-5,8-9,14-15H2,(H,24,26)/t19-,20-/m1/s1. The molecule has 1 N–H and O–H groups in total. The first-order valence-electron chi connectivity index (χ1n) is 10.0. The van der Waals surface area contributed by atoms with Crippen LogP contribution in [0.25, 0.3) is 0 Å². The number of hydrogen-bond donors (Lipinski definition) is 1. The van der Waals surface area contributed by atoms with E-state index in [0.29, 0.717) is 18.0 Å². The zero-order valence-corrected chi connectivity index (χ0v) is 16.2. The van der Waals surface area contributed by atoms with E-state index >= 15 is 0 Å². The number of fused-ring (bicyclic) bond motifs is 1. The van der Waals surface area contributed by atoms with E-state index in [2.05, 4.69) is 5.32 Å². The number of rotatable bonds is 6. The molecule has 1 aliphatic heterocycles. The van der Waals surface area contributed by atoms with E-state index < -0.39 is 0 Å². The van der Waals surface area contributed by atoms with Crippen molar-refractivity contribution in [3.05, 3.63) is 60.2 Å². The SMILES string of the molecule is O=C(CN1C(=O)[C@@H]2CCCC[C@H]2C1=O)Nc1ccc(OCc2ccccc2)cc1. The third-order valence-electron chi connectivity index (χ3n) is 5.62. The summed E-state index contributed by atoms with van der Waals surface area (Å²) in [5, 5.41) is 2.75. The summed E-state index contributed by atoms with van der Waals surface area (Å²) in [6.07, 6.45) is 3.44. The molecular weight excluding hydrogens is 368 g/mol. The smallest absolute Gasteiger partial charge is 0.244 e. The Morgan fingerprint density at radius 2 is 1.55 bits per heavy atom. The number of amides is 3. The maximum absolute atomic E-state index is 12.5. The van der Waals surface area contributed by atoms with Crippen molar-refractivity contribution in [3.63, 3.8) is 0 Å². The third kappa shape index (κ3) is 4.31. The molecule has 2 atom stereocenters. The van der Waals surface area contributed by atoms with Crippen molar-refractivity contribution in [2.45, 2.75) is 32.3 Å². The summed E-state index contributed by atoms with van der Waals surface area (Å²) in [4.78, 5) is 38.5. The largest absolute Gasteiger partial charge is 0.489 e. The van der Waals surface area contributed by atoms with E-state index in [0.717, 1.165) is 36.1 Å². The molecule has 1 heterocycles. The molecule has 6 heteroatoms. The summed E-state index contributed by atoms with van der Waals surface area (Å²) in [7, 11) is 0. The zero-order chi connectivity index (χ0) is 20.2. The molecule has 29 heavy (non-hydrogen) atoms. The Kier molecular flexibility index (Phi) is 5.60. The minimum Gasteiger partial charge on any atom is -0.489 e. The van der Waals surface area contributed by atoms with Gasteiger partial charge in [-0.05, 0) is 42.7 Å². The summed E-state index contributed by atoms with van der Waals surface area (Å²) in [5.41, 5.74) is 1.67. The van der Waals surface area contributed by atoms with Crippen molar-refractivity contribution in [2.24, 2.45) is 11.8 Å². The number of nitrogens with one attached hydrogen (secondary N) is 1. The van der Waals surface area contributed by atoms with Gasteiger partial charge < -0.3 is 10.1 Å². The lowest BCUT2D eigenvalue weighted by molar-refractivity contribution is -0.142. The fourth-order valence-electron chi connectivity index (χ4n) is 4.11. The molecule has 4 rings (SSSR count). The molecular formula is C23H24N2O4. The first kappa shape index (κ1) is 19.2. The maximum atomic E-state index is 12.5. The number of nitrogens with zero attached hydrogens (tertiary/aromatic N) is 1. The molecule has 2 aromatic carbocycles. The molecule has 2 aliphatic rings. The van der Waals surface area contributed by atoms with E-state index in [9.17, 15) is 14.4 Å². The highest BCUT2D eigenvalue weighted by atomic mass is 16.5. The summed E-state index contributed by atoms with van der Waals surface area (Å²) in [6, 6.07) is 16.9. The van der Waals surface area contributed by atoms with Crippen LogP contribution in [0.2, 0.25) is 0 Å². The summed E-state index contributed by atoms with van der Waals surface area (Å²) >= 11 is 0. The van der Waals surface area contributed by atoms with Gasteiger partial charge in [-0.1, -0.05) is 43.2 Å². The van der Waals surface area contributed by atoms with Crippen LogP contribution < -0.4 is 10.1 Å². The monoisotopic (exact) mass is 392 g/mol. The summed E-state index contributed by atoms with van der Waals surface area (Å²) in [6.45, 7) is 0.241. The lowest BCUT2D eigenvalue weighted by Crippen LogP contribution is -2.38. The predicted molar refractivity (Wildman–Crippen MR) is 108 cm³/mol. The van der Waals surface area contributed by atoms with Crippen LogP contribution in [0.1, 0.15) is 31.2 Å². The van der Waals surface area contributed by atoms with Crippen molar-refractivity contribution in [1.29, 1.82) is 0 Å². The molecule has 6 nitrogen and oxygen atoms in total. The van der Waals surface area contributed by atoms with Crippen LogP contribution in [-0.4, -0.2) is 29.2 Å². The van der Waals surface area contributed by atoms with Crippen molar-refractivity contribution in [3.8, 4) is 5.75 Å². The highest BCUT2D eigenvalue weighted by Crippen LogP contribution is 2.37. The van der Waals surface area contributed by atoms with E-state index in [4.69, 9.17) is 4.74 Å². The number of imide groups is 1. The van der Waals surface area contributed by atoms with E-state index in [1.165, 1.54) is 0 Å². The summed E-state index contributed by atoms with van der Waals surface area (Å²) in [5.74, 6) is -0.529. The van der Waals surface area contributed by atoms with Gasteiger partial charge in [0.05, 0.1) is 11.8 Å². The molecule has 0 aromatic heterocycles. The van der Waals surface area contributed by atoms with Gasteiger partial charge in [-0.15, -0.1) is 0 Å². The zero-order valence-electron chi connectivity index (χ0n) is 16.2. The van der Waals surface area contributed by atoms with Gasteiger partial charge in [0, 0.05) is 5.69 Å². The predicted octanol–water partition coefficient (Wildman–Crippen LogP) is 3.38. The van der Waals surface area contributed by atoms with E-state index in [1.54, 1.807) is 24.3 Å². The van der Waals surface area contributed by atoms with Gasteiger partial charge in [-0.2, -0.15) is 0 Å². The number of carbonyl (C=O) groups is 3. The number of likely N-dealkylation sites (tertiary alicyclic amines) is 1. The Labute approximate surface area is 169 Å². The second-order valence-corrected chi connectivity index (χ2v) is 7.61. The molecule has 1 aliphatic carbocycles. The lowest BCUT2D eigenvalue weighted by Gasteiger charge is -2.19. The minimum atomic E-state index is -0.372. The number of anilines is 1. The molecule has 0 unspecified atom stereocenters. The Morgan fingerprint density at radius 1 is 0.931 bits per heavy atom. The fraction of sp³-hybridized carbons (Fsp3) is 0.348. The molecule has 1 saturated heterocycles. The molecule has 3 amide bonds. The van der Waals surface area contributed by atoms with Crippen molar-refractivity contribution < 1.29 is 19.1 Å². The Morgan fingerprint density at radius 3 is 2.17 bits per heavy atom. The van der Waals surface area contributed by atoms with E-state index in [-0.39, 0.29) is 36.1 Å². The van der Waals surface area contributed by atoms with Crippen molar-refractivity contribution in [2.75, 3.05) is 11.9 Å². The molecule has 2 aromatic rings. The van der Waals surface area contributed by atoms with Crippen LogP contribution in [0, 0.1) is 11.8 Å². The fourth-order valence-corrected chi connectivity index (χ4v) is 4.11. The molecule has 1 saturated carbocycles. The van der Waals surface area contributed by atoms with Crippen LogP contribution in [-0.2, 0) is 21.0 Å². The average molecular weight is 392 g/mol. The number of carbonyl (C=O) groups excluding carboxylic acids is 3. The number of hydrogen-bond acceptors (Lipinski definition) is 4. The quantitative estimate of drug-likeness (QED) is 0.765. The Balaban J connectivity index is 1.30. The van der Waals surface area contributed by atoms with Crippen LogP contribution in [0.4, 0.5) is 5.69 Å². The normalized spacial score (nSPS) is 21.0. The first-order valence-corrected chi connectivity index (χ1v) is 10.0. The first-order chi connectivity index (χ1) is 14.1. The summed E-state index contributed by atoms with van der Waals surface area (Å²) < 4.78 is 5.73. The van der Waals surface area contributed by atoms with Gasteiger partial charge in [0.1, 0.15) is 18.9 Å². The van der Waals surface area contributed by atoms with Crippen molar-refractivity contribution in [1.82, 2.24) is 4.90 Å². The third-order valence-corrected chi connectivity index (χ3v) is 5.62. The maximum Gasteiger partial charge on any atom is 0.244 e. The number of ether oxygens (including phenoxy) is 1. The van der Waals surface area contributed by atoms with Crippen LogP contribution >= 0.6 is 0 Å². The van der Waals surface area contributed by atoms with Gasteiger partial charge >= 0.3 is 0 Å². The molecule has 0 radical (unpaired) electrons. The average Bonchev–Trinajstić information content (AvgIpc) is 2.99. The molecule has 2 fully saturated rings. The van der Waals surface area contributed by atoms with E-state index in [1.807, 2.05) is 30.3 Å². The Hall–Kier alpha value is -3.15. The van der Waals surface area contributed by atoms with Crippen LogP contribution in [0.3, 0.4) is 0 Å². The molecule has 0 spiro atoms. The minimum absolute atomic E-state index is 0.195. The highest BCUT2D eigenvalue weighted by molar-refractivity contribution is 6.08. The van der Waals surface area contributed by atoms with Crippen molar-refractivity contribution >= 4 is 23.4 Å². The van der Waals surface area contributed by atoms with Crippen LogP contribution in [0.15, 0.2) is 54.6 Å². The highest BCUT2D eigenvalue weighted by Gasteiger charge is 2.48. The molecule has 0 bridgehead atoms. The van der Waals surface area contributed by atoms with Gasteiger partial charge in [-0.3, -0.25) is 19.3 Å². The topological polar surface area (TPSA) is 75.7 Å². The lowest BCUT2D eigenvalue weighted by atomic mass is 9.81. The second kappa shape index (κ2) is 8.47. The van der Waals surface area contributed by atoms with Crippen LogP contribution in [0.5, 0.6) is 5.75 Å². The second-order valence-electron chi connectivity index (χ2n) is 7.61. The van der Waals surface area contributed by atoms with Gasteiger partial charge in [-0.25, -0.2) is 0 Å². The Bertz CT molecular complexity index is 871. The number of benzene rings is 2. The van der Waals surface area contributed by atoms with Gasteiger partial charge in [0.15, 0.2) is 0 Å². The van der Waals surface area contributed by atoms with Gasteiger partial charge in [0.2, 0.25) is 17.7 Å². The molecule has 150 valence electrons. The van der Waals surface area contributed by atoms with Gasteiger partial charge in [0.25, 0.3) is 0 Å².